The van der Waals surface area contributed by atoms with E-state index in [1.54, 1.807) is 14.0 Å². The van der Waals surface area contributed by atoms with Crippen molar-refractivity contribution in [3.8, 4) is 16.9 Å². The predicted octanol–water partition coefficient (Wildman–Crippen LogP) is 6.50. The van der Waals surface area contributed by atoms with Gasteiger partial charge >= 0.3 is 11.8 Å². The lowest BCUT2D eigenvalue weighted by molar-refractivity contribution is -0.190. The molecule has 0 amide bonds. The molecule has 0 spiro atoms. The van der Waals surface area contributed by atoms with Gasteiger partial charge in [-0.15, -0.1) is 0 Å². The van der Waals surface area contributed by atoms with Crippen molar-refractivity contribution >= 4 is 6.16 Å². The molecule has 1 fully saturated rings. The smallest absolute Gasteiger partial charge is 0.497 e. The fraction of sp³-hybridized carbons (Fsp3) is 0.239. The number of carbonyl (C=O) groups is 1. The molecule has 6 aromatic rings. The van der Waals surface area contributed by atoms with Gasteiger partial charge in [0.1, 0.15) is 36.2 Å². The Balaban J connectivity index is 1.10. The molecule has 1 aliphatic heterocycles. The molecule has 1 aromatic heterocycles. The highest BCUT2D eigenvalue weighted by Crippen LogP contribution is 2.45. The number of aliphatic hydroxyl groups is 1. The fourth-order valence-electron chi connectivity index (χ4n) is 8.09. The van der Waals surface area contributed by atoms with Gasteiger partial charge in [0, 0.05) is 17.7 Å². The normalized spacial score (nSPS) is 19.0. The number of aromatic amines is 1. The summed E-state index contributed by atoms with van der Waals surface area (Å²) in [5.74, 6) is 0.444. The van der Waals surface area contributed by atoms with Crippen molar-refractivity contribution in [2.45, 2.75) is 42.8 Å². The van der Waals surface area contributed by atoms with E-state index in [1.807, 2.05) is 133 Å². The number of ether oxygens (including phenoxy) is 5. The van der Waals surface area contributed by atoms with Crippen LogP contribution in [0.1, 0.15) is 45.3 Å². The molecular formula is C46H42N2O9. The van der Waals surface area contributed by atoms with Gasteiger partial charge in [-0.25, -0.2) is 9.59 Å². The molecule has 8 rings (SSSR count). The summed E-state index contributed by atoms with van der Waals surface area (Å²) < 4.78 is 31.7. The van der Waals surface area contributed by atoms with Crippen LogP contribution >= 0.6 is 0 Å². The molecule has 0 saturated carbocycles. The van der Waals surface area contributed by atoms with E-state index in [4.69, 9.17) is 23.7 Å². The summed E-state index contributed by atoms with van der Waals surface area (Å²) in [5, 5.41) is 12.1. The number of hydrogen-bond donors (Lipinski definition) is 2. The number of aryl methyl sites for hydroxylation is 1. The average molecular weight is 767 g/mol. The third kappa shape index (κ3) is 7.17. The van der Waals surface area contributed by atoms with Crippen LogP contribution < -0.4 is 16.0 Å². The molecule has 290 valence electrons. The minimum atomic E-state index is -1.50. The third-order valence-electron chi connectivity index (χ3n) is 11.0. The maximum Gasteiger partial charge on any atom is 0.508 e. The van der Waals surface area contributed by atoms with Gasteiger partial charge in [0.2, 0.25) is 0 Å². The summed E-state index contributed by atoms with van der Waals surface area (Å²) in [6, 6.07) is 42.0. The largest absolute Gasteiger partial charge is 0.508 e. The Labute approximate surface area is 329 Å². The van der Waals surface area contributed by atoms with Crippen molar-refractivity contribution in [1.29, 1.82) is 0 Å². The van der Waals surface area contributed by atoms with Crippen molar-refractivity contribution in [1.82, 2.24) is 9.55 Å². The van der Waals surface area contributed by atoms with Crippen LogP contribution in [-0.2, 0) is 24.5 Å². The fourth-order valence-corrected chi connectivity index (χ4v) is 8.09. The highest BCUT2D eigenvalue weighted by Gasteiger charge is 2.46. The zero-order valence-electron chi connectivity index (χ0n) is 31.4. The Bertz CT molecular complexity index is 2380. The molecule has 11 nitrogen and oxygen atoms in total. The SMILES string of the molecule is COc1ccc(C(OC[C@H]2OC[C@@H](n3cc(C)c(=O)[nH]c3=O)[C@H](OC(=O)OCC3c4ccccc4-c4ccccc43)[C@@H]2O)(c2ccccc2)c2ccccc2)cc1. The summed E-state index contributed by atoms with van der Waals surface area (Å²) in [6.45, 7) is 1.22. The van der Waals surface area contributed by atoms with Gasteiger partial charge < -0.3 is 28.8 Å². The van der Waals surface area contributed by atoms with Gasteiger partial charge in [0.25, 0.3) is 5.56 Å². The summed E-state index contributed by atoms with van der Waals surface area (Å²) in [5.41, 5.74) is 4.43. The number of carbonyl (C=O) groups excluding carboxylic acids is 1. The van der Waals surface area contributed by atoms with Gasteiger partial charge in [0.05, 0.1) is 20.3 Å². The molecular weight excluding hydrogens is 725 g/mol. The first-order chi connectivity index (χ1) is 27.8. The number of nitrogens with zero attached hydrogens (tertiary/aromatic N) is 1. The maximum absolute atomic E-state index is 13.7. The number of fused-ring (bicyclic) bond motifs is 3. The minimum absolute atomic E-state index is 0.0143. The van der Waals surface area contributed by atoms with E-state index >= 15 is 0 Å². The van der Waals surface area contributed by atoms with Crippen LogP contribution in [0.3, 0.4) is 0 Å². The van der Waals surface area contributed by atoms with E-state index in [0.29, 0.717) is 5.75 Å². The Hall–Kier alpha value is -6.27. The van der Waals surface area contributed by atoms with Crippen LogP contribution in [0.25, 0.3) is 11.1 Å². The van der Waals surface area contributed by atoms with Gasteiger partial charge in [-0.3, -0.25) is 14.3 Å². The Morgan fingerprint density at radius 1 is 0.789 bits per heavy atom. The van der Waals surface area contributed by atoms with Crippen LogP contribution in [0, 0.1) is 6.92 Å². The van der Waals surface area contributed by atoms with Gasteiger partial charge in [-0.2, -0.15) is 0 Å². The second kappa shape index (κ2) is 16.1. The lowest BCUT2D eigenvalue weighted by Gasteiger charge is -2.42. The number of benzene rings is 5. The van der Waals surface area contributed by atoms with Gasteiger partial charge in [-0.05, 0) is 58.0 Å². The van der Waals surface area contributed by atoms with E-state index < -0.39 is 47.4 Å². The topological polar surface area (TPSA) is 138 Å². The maximum atomic E-state index is 13.7. The molecule has 0 bridgehead atoms. The van der Waals surface area contributed by atoms with Crippen molar-refractivity contribution in [3.05, 3.63) is 194 Å². The predicted molar refractivity (Wildman–Crippen MR) is 212 cm³/mol. The van der Waals surface area contributed by atoms with Crippen molar-refractivity contribution in [2.75, 3.05) is 26.9 Å². The Morgan fingerprint density at radius 2 is 1.35 bits per heavy atom. The van der Waals surface area contributed by atoms with Crippen LogP contribution in [-0.4, -0.2) is 66.1 Å². The van der Waals surface area contributed by atoms with Crippen molar-refractivity contribution < 1.29 is 33.6 Å². The Kier molecular flexibility index (Phi) is 10.6. The molecule has 5 aromatic carbocycles. The number of H-pyrrole nitrogens is 1. The zero-order valence-corrected chi connectivity index (χ0v) is 31.4. The summed E-state index contributed by atoms with van der Waals surface area (Å²) in [7, 11) is 1.60. The van der Waals surface area contributed by atoms with Gasteiger partial charge in [0.15, 0.2) is 6.10 Å². The highest BCUT2D eigenvalue weighted by molar-refractivity contribution is 5.79. The first-order valence-corrected chi connectivity index (χ1v) is 18.8. The molecule has 0 radical (unpaired) electrons. The van der Waals surface area contributed by atoms with E-state index in [2.05, 4.69) is 4.98 Å². The number of rotatable bonds is 11. The van der Waals surface area contributed by atoms with Crippen LogP contribution in [0.2, 0.25) is 0 Å². The standard InChI is InChI=1S/C46H42N2O9/c1-29-25-48(44(51)47-43(29)50)39-27-54-40(41(49)42(39)57-45(52)55-26-38-36-19-11-9-17-34(36)35-18-10-12-20-37(35)38)28-56-46(30-13-5-3-6-14-30,31-15-7-4-8-16-31)32-21-23-33(53-2)24-22-32/h3-25,38-42,49H,26-28H2,1-2H3,(H,47,50,51)/t39-,40-,41-,42+/m1/s1. The summed E-state index contributed by atoms with van der Waals surface area (Å²) >= 11 is 0. The van der Waals surface area contributed by atoms with Crippen LogP contribution in [0.5, 0.6) is 5.75 Å². The van der Waals surface area contributed by atoms with Crippen LogP contribution in [0.4, 0.5) is 4.79 Å². The molecule has 2 heterocycles. The number of aromatic nitrogens is 2. The van der Waals surface area contributed by atoms with E-state index in [0.717, 1.165) is 38.9 Å². The quantitative estimate of drug-likeness (QED) is 0.112. The van der Waals surface area contributed by atoms with Gasteiger partial charge in [-0.1, -0.05) is 121 Å². The zero-order chi connectivity index (χ0) is 39.5. The number of nitrogens with one attached hydrogen (secondary N) is 1. The van der Waals surface area contributed by atoms with Crippen LogP contribution in [0.15, 0.2) is 149 Å². The number of aliphatic hydroxyl groups excluding tert-OH is 1. The lowest BCUT2D eigenvalue weighted by Crippen LogP contribution is -2.56. The summed E-state index contributed by atoms with van der Waals surface area (Å²) in [6.07, 6.45) is -3.52. The van der Waals surface area contributed by atoms with E-state index in [1.165, 1.54) is 10.8 Å². The third-order valence-corrected chi connectivity index (χ3v) is 11.0. The molecule has 4 atom stereocenters. The number of hydrogen-bond acceptors (Lipinski definition) is 9. The highest BCUT2D eigenvalue weighted by atomic mass is 16.7. The molecule has 1 saturated heterocycles. The second-order valence-corrected chi connectivity index (χ2v) is 14.2. The first kappa shape index (κ1) is 37.6. The number of methoxy groups -OCH3 is 1. The monoisotopic (exact) mass is 766 g/mol. The Morgan fingerprint density at radius 3 is 1.95 bits per heavy atom. The minimum Gasteiger partial charge on any atom is -0.497 e. The second-order valence-electron chi connectivity index (χ2n) is 14.2. The summed E-state index contributed by atoms with van der Waals surface area (Å²) in [4.78, 5) is 41.5. The average Bonchev–Trinajstić information content (AvgIpc) is 3.57. The van der Waals surface area contributed by atoms with Crippen molar-refractivity contribution in [2.24, 2.45) is 0 Å². The molecule has 2 aliphatic rings. The molecule has 0 unspecified atom stereocenters. The van der Waals surface area contributed by atoms with E-state index in [9.17, 15) is 19.5 Å². The molecule has 11 heteroatoms. The lowest BCUT2D eigenvalue weighted by atomic mass is 9.80. The molecule has 1 aliphatic carbocycles. The first-order valence-electron chi connectivity index (χ1n) is 18.8. The molecule has 57 heavy (non-hydrogen) atoms. The molecule has 2 N–H and O–H groups in total. The van der Waals surface area contributed by atoms with Crippen molar-refractivity contribution in [3.63, 3.8) is 0 Å². The van der Waals surface area contributed by atoms with E-state index in [-0.39, 0.29) is 31.3 Å².